The van der Waals surface area contributed by atoms with Crippen molar-refractivity contribution in [2.75, 3.05) is 0 Å². The van der Waals surface area contributed by atoms with Crippen molar-refractivity contribution in [3.05, 3.63) is 84.2 Å². The summed E-state index contributed by atoms with van der Waals surface area (Å²) < 4.78 is 15.5. The lowest BCUT2D eigenvalue weighted by molar-refractivity contribution is 0.476. The van der Waals surface area contributed by atoms with E-state index in [0.717, 1.165) is 16.6 Å². The second-order valence-electron chi connectivity index (χ2n) is 5.66. The first-order valence-electron chi connectivity index (χ1n) is 7.70. The summed E-state index contributed by atoms with van der Waals surface area (Å²) in [6.45, 7) is 0.474. The number of nitrogens with zero attached hydrogens (tertiary/aromatic N) is 2. The van der Waals surface area contributed by atoms with E-state index in [-0.39, 0.29) is 11.6 Å². The minimum absolute atomic E-state index is 0.174. The van der Waals surface area contributed by atoms with Gasteiger partial charge in [-0.15, -0.1) is 0 Å². The van der Waals surface area contributed by atoms with Crippen LogP contribution in [0.5, 0.6) is 5.75 Å². The van der Waals surface area contributed by atoms with Crippen molar-refractivity contribution in [3.63, 3.8) is 0 Å². The molecule has 1 N–H and O–H groups in total. The summed E-state index contributed by atoms with van der Waals surface area (Å²) in [5.74, 6) is 0.577. The van der Waals surface area contributed by atoms with Crippen LogP contribution in [-0.4, -0.2) is 14.7 Å². The quantitative estimate of drug-likeness (QED) is 0.599. The van der Waals surface area contributed by atoms with Crippen LogP contribution in [0.25, 0.3) is 22.4 Å². The molecule has 0 aliphatic heterocycles. The Balaban J connectivity index is 1.92. The summed E-state index contributed by atoms with van der Waals surface area (Å²) >= 11 is 0. The summed E-state index contributed by atoms with van der Waals surface area (Å²) in [5, 5.41) is 10.2. The molecule has 0 atom stereocenters. The highest BCUT2D eigenvalue weighted by molar-refractivity contribution is 5.82. The molecule has 0 amide bonds. The van der Waals surface area contributed by atoms with Gasteiger partial charge in [-0.1, -0.05) is 36.4 Å². The van der Waals surface area contributed by atoms with Gasteiger partial charge in [-0.05, 0) is 42.0 Å². The number of hydrogen-bond donors (Lipinski definition) is 1. The first-order chi connectivity index (χ1) is 11.7. The molecule has 24 heavy (non-hydrogen) atoms. The zero-order chi connectivity index (χ0) is 16.5. The van der Waals surface area contributed by atoms with Crippen LogP contribution in [0, 0.1) is 5.82 Å². The second-order valence-corrected chi connectivity index (χ2v) is 5.66. The number of fused-ring (bicyclic) bond motifs is 1. The van der Waals surface area contributed by atoms with Crippen molar-refractivity contribution in [1.29, 1.82) is 0 Å². The van der Waals surface area contributed by atoms with Gasteiger partial charge in [-0.3, -0.25) is 0 Å². The van der Waals surface area contributed by atoms with Crippen molar-refractivity contribution in [2.24, 2.45) is 0 Å². The van der Waals surface area contributed by atoms with Crippen molar-refractivity contribution in [2.45, 2.75) is 6.54 Å². The van der Waals surface area contributed by atoms with E-state index in [2.05, 4.69) is 4.98 Å². The van der Waals surface area contributed by atoms with Crippen molar-refractivity contribution in [3.8, 4) is 17.1 Å². The Kier molecular flexibility index (Phi) is 3.50. The zero-order valence-electron chi connectivity index (χ0n) is 12.9. The van der Waals surface area contributed by atoms with Crippen LogP contribution in [0.4, 0.5) is 4.39 Å². The Morgan fingerprint density at radius 2 is 1.71 bits per heavy atom. The zero-order valence-corrected chi connectivity index (χ0v) is 12.9. The molecule has 0 fully saturated rings. The first kappa shape index (κ1) is 14.5. The number of phenolic OH excluding ortho intramolecular Hbond substituents is 1. The van der Waals surface area contributed by atoms with E-state index in [9.17, 15) is 9.50 Å². The first-order valence-corrected chi connectivity index (χ1v) is 7.70. The largest absolute Gasteiger partial charge is 0.507 e. The second kappa shape index (κ2) is 5.81. The SMILES string of the molecule is Oc1ccccc1-c1nc2ccccc2n1Cc1cccc(F)c1. The maximum Gasteiger partial charge on any atom is 0.145 e. The Bertz CT molecular complexity index is 1020. The van der Waals surface area contributed by atoms with Gasteiger partial charge in [0.15, 0.2) is 0 Å². The molecule has 0 saturated carbocycles. The van der Waals surface area contributed by atoms with Crippen molar-refractivity contribution < 1.29 is 9.50 Å². The van der Waals surface area contributed by atoms with Gasteiger partial charge in [0.25, 0.3) is 0 Å². The third-order valence-electron chi connectivity index (χ3n) is 4.03. The van der Waals surface area contributed by atoms with Crippen LogP contribution in [0.1, 0.15) is 5.56 Å². The van der Waals surface area contributed by atoms with Gasteiger partial charge in [0.05, 0.1) is 16.6 Å². The van der Waals surface area contributed by atoms with Crippen LogP contribution in [-0.2, 0) is 6.54 Å². The monoisotopic (exact) mass is 318 g/mol. The van der Waals surface area contributed by atoms with E-state index in [1.807, 2.05) is 47.0 Å². The molecule has 118 valence electrons. The lowest BCUT2D eigenvalue weighted by atomic mass is 10.1. The summed E-state index contributed by atoms with van der Waals surface area (Å²) in [7, 11) is 0. The van der Waals surface area contributed by atoms with E-state index in [1.165, 1.54) is 12.1 Å². The van der Waals surface area contributed by atoms with Gasteiger partial charge in [0, 0.05) is 6.54 Å². The van der Waals surface area contributed by atoms with E-state index < -0.39 is 0 Å². The predicted molar refractivity (Wildman–Crippen MR) is 92.3 cm³/mol. The van der Waals surface area contributed by atoms with Gasteiger partial charge < -0.3 is 9.67 Å². The summed E-state index contributed by atoms with van der Waals surface area (Å²) in [6, 6.07) is 21.4. The third-order valence-corrected chi connectivity index (χ3v) is 4.03. The summed E-state index contributed by atoms with van der Waals surface area (Å²) in [5.41, 5.74) is 3.28. The van der Waals surface area contributed by atoms with E-state index in [0.29, 0.717) is 17.9 Å². The van der Waals surface area contributed by atoms with E-state index in [4.69, 9.17) is 0 Å². The molecule has 4 aromatic rings. The fraction of sp³-hybridized carbons (Fsp3) is 0.0500. The highest BCUT2D eigenvalue weighted by Gasteiger charge is 2.15. The van der Waals surface area contributed by atoms with Gasteiger partial charge in [-0.2, -0.15) is 0 Å². The fourth-order valence-corrected chi connectivity index (χ4v) is 2.92. The topological polar surface area (TPSA) is 38.1 Å². The molecule has 0 unspecified atom stereocenters. The van der Waals surface area contributed by atoms with Crippen molar-refractivity contribution in [1.82, 2.24) is 9.55 Å². The molecule has 0 saturated heterocycles. The molecule has 3 nitrogen and oxygen atoms in total. The maximum atomic E-state index is 13.5. The molecule has 1 heterocycles. The molecule has 0 radical (unpaired) electrons. The highest BCUT2D eigenvalue weighted by atomic mass is 19.1. The summed E-state index contributed by atoms with van der Waals surface area (Å²) in [4.78, 5) is 4.67. The molecular weight excluding hydrogens is 303 g/mol. The van der Waals surface area contributed by atoms with Crippen LogP contribution >= 0.6 is 0 Å². The van der Waals surface area contributed by atoms with Crippen LogP contribution in [0.15, 0.2) is 72.8 Å². The molecule has 0 aliphatic rings. The van der Waals surface area contributed by atoms with Crippen LogP contribution in [0.2, 0.25) is 0 Å². The third kappa shape index (κ3) is 2.52. The number of aromatic nitrogens is 2. The van der Waals surface area contributed by atoms with E-state index >= 15 is 0 Å². The number of phenols is 1. The minimum atomic E-state index is -0.263. The Hall–Kier alpha value is -3.14. The fourth-order valence-electron chi connectivity index (χ4n) is 2.92. The highest BCUT2D eigenvalue weighted by Crippen LogP contribution is 2.31. The Morgan fingerprint density at radius 1 is 0.917 bits per heavy atom. The number of aromatic hydroxyl groups is 1. The normalized spacial score (nSPS) is 11.0. The summed E-state index contributed by atoms with van der Waals surface area (Å²) in [6.07, 6.45) is 0. The van der Waals surface area contributed by atoms with Gasteiger partial charge in [-0.25, -0.2) is 9.37 Å². The standard InChI is InChI=1S/C20H15FN2O/c21-15-7-5-6-14(12-15)13-23-18-10-3-2-9-17(18)22-20(23)16-8-1-4-11-19(16)24/h1-12,24H,13H2. The molecule has 0 aliphatic carbocycles. The number of para-hydroxylation sites is 3. The van der Waals surface area contributed by atoms with Gasteiger partial charge in [0.2, 0.25) is 0 Å². The molecule has 1 aromatic heterocycles. The predicted octanol–water partition coefficient (Wildman–Crippen LogP) is 4.60. The number of rotatable bonds is 3. The van der Waals surface area contributed by atoms with E-state index in [1.54, 1.807) is 18.2 Å². The molecule has 4 heteroatoms. The molecule has 3 aromatic carbocycles. The number of benzene rings is 3. The molecular formula is C20H15FN2O. The van der Waals surface area contributed by atoms with Crippen molar-refractivity contribution >= 4 is 11.0 Å². The Morgan fingerprint density at radius 3 is 2.54 bits per heavy atom. The van der Waals surface area contributed by atoms with Gasteiger partial charge >= 0.3 is 0 Å². The number of imidazole rings is 1. The van der Waals surface area contributed by atoms with Crippen LogP contribution in [0.3, 0.4) is 0 Å². The minimum Gasteiger partial charge on any atom is -0.507 e. The average molecular weight is 318 g/mol. The lowest BCUT2D eigenvalue weighted by Crippen LogP contribution is -2.02. The van der Waals surface area contributed by atoms with Gasteiger partial charge in [0.1, 0.15) is 17.4 Å². The maximum absolute atomic E-state index is 13.5. The molecule has 0 spiro atoms. The van der Waals surface area contributed by atoms with Crippen LogP contribution < -0.4 is 0 Å². The smallest absolute Gasteiger partial charge is 0.145 e. The lowest BCUT2D eigenvalue weighted by Gasteiger charge is -2.11. The number of hydrogen-bond acceptors (Lipinski definition) is 2. The molecule has 0 bridgehead atoms. The molecule has 4 rings (SSSR count). The number of halogens is 1. The average Bonchev–Trinajstić information content (AvgIpc) is 2.94. The Labute approximate surface area is 138 Å².